The summed E-state index contributed by atoms with van der Waals surface area (Å²) < 4.78 is 12.8. The molecule has 0 bridgehead atoms. The van der Waals surface area contributed by atoms with E-state index >= 15 is 0 Å². The van der Waals surface area contributed by atoms with E-state index in [4.69, 9.17) is 9.47 Å². The molecule has 0 saturated heterocycles. The molecule has 0 aliphatic rings. The zero-order valence-corrected chi connectivity index (χ0v) is 14.1. The number of benzene rings is 2. The minimum atomic E-state index is 0. The molecule has 0 unspecified atom stereocenters. The molecule has 0 N–H and O–H groups in total. The monoisotopic (exact) mass is 341 g/mol. The Morgan fingerprint density at radius 1 is 0.875 bits per heavy atom. The van der Waals surface area contributed by atoms with Crippen LogP contribution in [0, 0.1) is 0 Å². The number of aromatic nitrogens is 3. The van der Waals surface area contributed by atoms with Gasteiger partial charge in [0, 0.05) is 6.07 Å². The summed E-state index contributed by atoms with van der Waals surface area (Å²) in [6.07, 6.45) is 0. The van der Waals surface area contributed by atoms with Crippen LogP contribution < -0.4 is 9.47 Å². The molecular formula is C18H16ClN3O2. The molecule has 2 aromatic carbocycles. The molecule has 0 aliphatic heterocycles. The van der Waals surface area contributed by atoms with Crippen molar-refractivity contribution >= 4 is 29.0 Å². The van der Waals surface area contributed by atoms with Crippen molar-refractivity contribution in [3.63, 3.8) is 0 Å². The largest absolute Gasteiger partial charge is 0.497 e. The number of para-hydroxylation sites is 1. The molecule has 0 spiro atoms. The van der Waals surface area contributed by atoms with Crippen LogP contribution in [-0.4, -0.2) is 28.8 Å². The maximum absolute atomic E-state index is 5.51. The first-order chi connectivity index (χ1) is 11.3. The Kier molecular flexibility index (Phi) is 4.27. The highest BCUT2D eigenvalue weighted by Crippen LogP contribution is 2.33. The number of ether oxygens (including phenoxy) is 2. The highest BCUT2D eigenvalue weighted by Gasteiger charge is 2.15. The van der Waals surface area contributed by atoms with Crippen LogP contribution in [0.2, 0.25) is 0 Å². The normalized spacial score (nSPS) is 10.6. The fourth-order valence-corrected chi connectivity index (χ4v) is 2.80. The summed E-state index contributed by atoms with van der Waals surface area (Å²) in [6, 6.07) is 17.9. The lowest BCUT2D eigenvalue weighted by Gasteiger charge is -2.10. The average Bonchev–Trinajstić information content (AvgIpc) is 3.05. The predicted octanol–water partition coefficient (Wildman–Crippen LogP) is 3.99. The highest BCUT2D eigenvalue weighted by molar-refractivity contribution is 5.85. The first-order valence-electron chi connectivity index (χ1n) is 7.27. The number of fused-ring (bicyclic) bond motifs is 3. The smallest absolute Gasteiger partial charge is 0.172 e. The molecule has 0 radical (unpaired) electrons. The van der Waals surface area contributed by atoms with Crippen LogP contribution in [0.15, 0.2) is 54.6 Å². The van der Waals surface area contributed by atoms with Crippen molar-refractivity contribution in [1.82, 2.24) is 14.6 Å². The lowest BCUT2D eigenvalue weighted by atomic mass is 10.1. The van der Waals surface area contributed by atoms with Gasteiger partial charge in [0.2, 0.25) is 0 Å². The van der Waals surface area contributed by atoms with Crippen molar-refractivity contribution in [2.24, 2.45) is 0 Å². The highest BCUT2D eigenvalue weighted by atomic mass is 35.5. The van der Waals surface area contributed by atoms with Gasteiger partial charge in [-0.1, -0.05) is 18.2 Å². The molecule has 24 heavy (non-hydrogen) atoms. The van der Waals surface area contributed by atoms with Gasteiger partial charge in [-0.05, 0) is 35.7 Å². The van der Waals surface area contributed by atoms with Crippen LogP contribution >= 0.6 is 12.4 Å². The van der Waals surface area contributed by atoms with Crippen molar-refractivity contribution in [3.05, 3.63) is 54.6 Å². The van der Waals surface area contributed by atoms with Crippen LogP contribution in [0.5, 0.6) is 11.5 Å². The van der Waals surface area contributed by atoms with Gasteiger partial charge in [0.05, 0.1) is 25.3 Å². The number of pyridine rings is 1. The minimum absolute atomic E-state index is 0. The molecule has 0 atom stereocenters. The van der Waals surface area contributed by atoms with E-state index in [1.165, 1.54) is 0 Å². The number of hydrogen-bond acceptors (Lipinski definition) is 4. The van der Waals surface area contributed by atoms with Gasteiger partial charge >= 0.3 is 0 Å². The zero-order valence-electron chi connectivity index (χ0n) is 13.3. The second-order valence-corrected chi connectivity index (χ2v) is 5.18. The standard InChI is InChI=1S/C18H15N3O2.ClH/c1-22-13-8-9-14(16(11-13)23-2)18-20-19-17-10-7-12-5-3-4-6-15(12)21(17)18;/h3-11H,1-2H3;1H. The van der Waals surface area contributed by atoms with E-state index in [9.17, 15) is 0 Å². The summed E-state index contributed by atoms with van der Waals surface area (Å²) in [7, 11) is 3.27. The zero-order chi connectivity index (χ0) is 15.8. The molecule has 4 rings (SSSR count). The third-order valence-electron chi connectivity index (χ3n) is 3.93. The second kappa shape index (κ2) is 6.37. The van der Waals surface area contributed by atoms with E-state index in [0.717, 1.165) is 33.7 Å². The summed E-state index contributed by atoms with van der Waals surface area (Å²) >= 11 is 0. The fourth-order valence-electron chi connectivity index (χ4n) is 2.80. The van der Waals surface area contributed by atoms with Gasteiger partial charge in [-0.15, -0.1) is 22.6 Å². The number of methoxy groups -OCH3 is 2. The summed E-state index contributed by atoms with van der Waals surface area (Å²) in [4.78, 5) is 0. The Hall–Kier alpha value is -2.79. The van der Waals surface area contributed by atoms with Gasteiger partial charge < -0.3 is 9.47 Å². The van der Waals surface area contributed by atoms with Crippen molar-refractivity contribution in [2.45, 2.75) is 0 Å². The number of nitrogens with zero attached hydrogens (tertiary/aromatic N) is 3. The summed E-state index contributed by atoms with van der Waals surface area (Å²) in [5, 5.41) is 9.79. The Morgan fingerprint density at radius 2 is 1.71 bits per heavy atom. The Morgan fingerprint density at radius 3 is 2.50 bits per heavy atom. The molecule has 4 aromatic rings. The summed E-state index contributed by atoms with van der Waals surface area (Å²) in [5.74, 6) is 2.19. The molecule has 2 aromatic heterocycles. The van der Waals surface area contributed by atoms with Gasteiger partial charge in [0.25, 0.3) is 0 Å². The lowest BCUT2D eigenvalue weighted by molar-refractivity contribution is 0.395. The third kappa shape index (κ3) is 2.43. The van der Waals surface area contributed by atoms with Gasteiger partial charge in [-0.25, -0.2) is 0 Å². The van der Waals surface area contributed by atoms with Crippen molar-refractivity contribution < 1.29 is 9.47 Å². The molecule has 6 heteroatoms. The fraction of sp³-hybridized carbons (Fsp3) is 0.111. The first-order valence-corrected chi connectivity index (χ1v) is 7.27. The summed E-state index contributed by atoms with van der Waals surface area (Å²) in [5.41, 5.74) is 2.73. The van der Waals surface area contributed by atoms with E-state index in [0.29, 0.717) is 5.75 Å². The van der Waals surface area contributed by atoms with Crippen molar-refractivity contribution in [2.75, 3.05) is 14.2 Å². The topological polar surface area (TPSA) is 48.7 Å². The van der Waals surface area contributed by atoms with Gasteiger partial charge in [-0.2, -0.15) is 0 Å². The van der Waals surface area contributed by atoms with E-state index in [1.54, 1.807) is 14.2 Å². The number of rotatable bonds is 3. The quantitative estimate of drug-likeness (QED) is 0.565. The van der Waals surface area contributed by atoms with Crippen LogP contribution in [0.3, 0.4) is 0 Å². The van der Waals surface area contributed by atoms with Crippen molar-refractivity contribution in [3.8, 4) is 22.9 Å². The average molecular weight is 342 g/mol. The molecule has 5 nitrogen and oxygen atoms in total. The molecule has 2 heterocycles. The molecule has 0 fully saturated rings. The molecule has 0 saturated carbocycles. The van der Waals surface area contributed by atoms with Crippen LogP contribution in [0.1, 0.15) is 0 Å². The first kappa shape index (κ1) is 16.1. The molecule has 0 aliphatic carbocycles. The van der Waals surface area contributed by atoms with Gasteiger partial charge in [0.1, 0.15) is 11.5 Å². The SMILES string of the molecule is COc1ccc(-c2nnc3ccc4ccccc4n23)c(OC)c1.Cl. The molecular weight excluding hydrogens is 326 g/mol. The summed E-state index contributed by atoms with van der Waals surface area (Å²) in [6.45, 7) is 0. The van der Waals surface area contributed by atoms with E-state index in [2.05, 4.69) is 22.3 Å². The van der Waals surface area contributed by atoms with E-state index < -0.39 is 0 Å². The molecule has 122 valence electrons. The van der Waals surface area contributed by atoms with Crippen LogP contribution in [0.4, 0.5) is 0 Å². The number of hydrogen-bond donors (Lipinski definition) is 0. The second-order valence-electron chi connectivity index (χ2n) is 5.18. The predicted molar refractivity (Wildman–Crippen MR) is 96.3 cm³/mol. The Bertz CT molecular complexity index is 1010. The lowest BCUT2D eigenvalue weighted by Crippen LogP contribution is -1.95. The van der Waals surface area contributed by atoms with E-state index in [-0.39, 0.29) is 12.4 Å². The Labute approximate surface area is 145 Å². The minimum Gasteiger partial charge on any atom is -0.497 e. The van der Waals surface area contributed by atoms with Crippen molar-refractivity contribution in [1.29, 1.82) is 0 Å². The third-order valence-corrected chi connectivity index (χ3v) is 3.93. The maximum Gasteiger partial charge on any atom is 0.172 e. The van der Waals surface area contributed by atoms with Crippen LogP contribution in [0.25, 0.3) is 27.9 Å². The molecule has 0 amide bonds. The van der Waals surface area contributed by atoms with E-state index in [1.807, 2.05) is 46.9 Å². The van der Waals surface area contributed by atoms with Gasteiger partial charge in [0.15, 0.2) is 11.5 Å². The Balaban J connectivity index is 0.00000169. The maximum atomic E-state index is 5.51. The number of halogens is 1. The van der Waals surface area contributed by atoms with Crippen LogP contribution in [-0.2, 0) is 0 Å². The van der Waals surface area contributed by atoms with Gasteiger partial charge in [-0.3, -0.25) is 4.40 Å².